The van der Waals surface area contributed by atoms with Crippen LogP contribution in [0.25, 0.3) is 0 Å². The maximum Gasteiger partial charge on any atom is 0.225 e. The van der Waals surface area contributed by atoms with E-state index >= 15 is 0 Å². The van der Waals surface area contributed by atoms with Gasteiger partial charge in [0, 0.05) is 18.0 Å². The van der Waals surface area contributed by atoms with Crippen molar-refractivity contribution in [2.75, 3.05) is 6.54 Å². The van der Waals surface area contributed by atoms with Crippen LogP contribution in [0.3, 0.4) is 0 Å². The summed E-state index contributed by atoms with van der Waals surface area (Å²) >= 11 is 0. The average molecular weight is 169 g/mol. The summed E-state index contributed by atoms with van der Waals surface area (Å²) < 4.78 is 0. The molecule has 1 fully saturated rings. The number of hydrogen-bond donors (Lipinski definition) is 0. The molecule has 0 aromatic rings. The lowest BCUT2D eigenvalue weighted by Crippen LogP contribution is -2.44. The first-order valence-corrected chi connectivity index (χ1v) is 4.76. The lowest BCUT2D eigenvalue weighted by molar-refractivity contribution is -0.137. The maximum atomic E-state index is 11.7. The highest BCUT2D eigenvalue weighted by Gasteiger charge is 2.35. The Morgan fingerprint density at radius 1 is 1.42 bits per heavy atom. The molecule has 0 aromatic heterocycles. The van der Waals surface area contributed by atoms with E-state index in [-0.39, 0.29) is 11.5 Å². The van der Waals surface area contributed by atoms with E-state index in [1.165, 1.54) is 0 Å². The molecule has 2 heteroatoms. The molecule has 0 bridgehead atoms. The van der Waals surface area contributed by atoms with E-state index in [1.54, 1.807) is 0 Å². The maximum absolute atomic E-state index is 11.7. The van der Waals surface area contributed by atoms with E-state index in [0.717, 1.165) is 19.4 Å². The molecule has 1 aliphatic heterocycles. The van der Waals surface area contributed by atoms with Crippen LogP contribution in [0.4, 0.5) is 0 Å². The summed E-state index contributed by atoms with van der Waals surface area (Å²) in [6.45, 7) is 9.19. The topological polar surface area (TPSA) is 20.3 Å². The fourth-order valence-electron chi connectivity index (χ4n) is 1.83. The summed E-state index contributed by atoms with van der Waals surface area (Å²) in [5.74, 6) is 0.444. The summed E-state index contributed by atoms with van der Waals surface area (Å²) in [6.07, 6.45) is 2.30. The molecule has 0 N–H and O–H groups in total. The smallest absolute Gasteiger partial charge is 0.225 e. The van der Waals surface area contributed by atoms with E-state index in [4.69, 9.17) is 0 Å². The van der Waals surface area contributed by atoms with Gasteiger partial charge in [-0.15, -0.1) is 0 Å². The number of nitrogens with zero attached hydrogens (tertiary/aromatic N) is 1. The number of rotatable bonds is 1. The summed E-state index contributed by atoms with van der Waals surface area (Å²) in [5, 5.41) is 0. The lowest BCUT2D eigenvalue weighted by Gasteiger charge is -2.32. The van der Waals surface area contributed by atoms with E-state index in [9.17, 15) is 4.79 Å². The van der Waals surface area contributed by atoms with Crippen molar-refractivity contribution in [3.05, 3.63) is 0 Å². The van der Waals surface area contributed by atoms with E-state index < -0.39 is 0 Å². The van der Waals surface area contributed by atoms with Crippen molar-refractivity contribution in [2.45, 2.75) is 46.1 Å². The largest absolute Gasteiger partial charge is 0.337 e. The average Bonchev–Trinajstić information content (AvgIpc) is 2.27. The van der Waals surface area contributed by atoms with Gasteiger partial charge in [0.25, 0.3) is 0 Å². The minimum atomic E-state index is 0.0986. The van der Waals surface area contributed by atoms with Gasteiger partial charge >= 0.3 is 0 Å². The number of carbonyl (C=O) groups is 1. The Hall–Kier alpha value is -0.530. The minimum Gasteiger partial charge on any atom is -0.337 e. The second kappa shape index (κ2) is 3.08. The molecular formula is C10H19NO. The highest BCUT2D eigenvalue weighted by molar-refractivity contribution is 5.79. The van der Waals surface area contributed by atoms with Crippen LogP contribution >= 0.6 is 0 Å². The molecule has 0 radical (unpaired) electrons. The number of likely N-dealkylation sites (tertiary alicyclic amines) is 1. The Morgan fingerprint density at radius 3 is 2.33 bits per heavy atom. The Kier molecular flexibility index (Phi) is 2.45. The number of amides is 1. The van der Waals surface area contributed by atoms with E-state index in [0.29, 0.717) is 5.91 Å². The third kappa shape index (κ3) is 1.62. The molecule has 0 atom stereocenters. The molecule has 1 aliphatic rings. The van der Waals surface area contributed by atoms with Crippen molar-refractivity contribution in [1.82, 2.24) is 4.90 Å². The molecule has 0 saturated carbocycles. The van der Waals surface area contributed by atoms with Crippen LogP contribution in [-0.4, -0.2) is 22.9 Å². The SMILES string of the molecule is CC(C)C(=O)N1CCCC1(C)C. The summed E-state index contributed by atoms with van der Waals surface area (Å²) in [6, 6.07) is 0. The second-order valence-electron chi connectivity index (χ2n) is 4.56. The Bertz CT molecular complexity index is 184. The first kappa shape index (κ1) is 9.56. The molecule has 2 nitrogen and oxygen atoms in total. The molecule has 1 heterocycles. The van der Waals surface area contributed by atoms with Gasteiger partial charge in [0.05, 0.1) is 0 Å². The molecule has 0 aromatic carbocycles. The summed E-state index contributed by atoms with van der Waals surface area (Å²) in [4.78, 5) is 13.7. The molecular weight excluding hydrogens is 150 g/mol. The van der Waals surface area contributed by atoms with Crippen molar-refractivity contribution in [1.29, 1.82) is 0 Å². The highest BCUT2D eigenvalue weighted by atomic mass is 16.2. The van der Waals surface area contributed by atoms with Gasteiger partial charge in [-0.05, 0) is 26.7 Å². The molecule has 0 spiro atoms. The first-order chi connectivity index (χ1) is 5.45. The monoisotopic (exact) mass is 169 g/mol. The standard InChI is InChI=1S/C10H19NO/c1-8(2)9(12)11-7-5-6-10(11,3)4/h8H,5-7H2,1-4H3. The summed E-state index contributed by atoms with van der Waals surface area (Å²) in [5.41, 5.74) is 0.0986. The van der Waals surface area contributed by atoms with Gasteiger partial charge in [-0.2, -0.15) is 0 Å². The van der Waals surface area contributed by atoms with Gasteiger partial charge < -0.3 is 4.90 Å². The molecule has 1 saturated heterocycles. The van der Waals surface area contributed by atoms with Crippen molar-refractivity contribution in [3.63, 3.8) is 0 Å². The second-order valence-corrected chi connectivity index (χ2v) is 4.56. The fourth-order valence-corrected chi connectivity index (χ4v) is 1.83. The van der Waals surface area contributed by atoms with Crippen molar-refractivity contribution < 1.29 is 4.79 Å². The predicted molar refractivity (Wildman–Crippen MR) is 49.9 cm³/mol. The van der Waals surface area contributed by atoms with Crippen LogP contribution in [-0.2, 0) is 4.79 Å². The predicted octanol–water partition coefficient (Wildman–Crippen LogP) is 2.04. The van der Waals surface area contributed by atoms with Crippen molar-refractivity contribution >= 4 is 5.91 Å². The molecule has 1 rings (SSSR count). The quantitative estimate of drug-likeness (QED) is 0.588. The molecule has 70 valence electrons. The van der Waals surface area contributed by atoms with Gasteiger partial charge in [0.15, 0.2) is 0 Å². The molecule has 12 heavy (non-hydrogen) atoms. The lowest BCUT2D eigenvalue weighted by atomic mass is 10.0. The van der Waals surface area contributed by atoms with Gasteiger partial charge in [-0.25, -0.2) is 0 Å². The number of hydrogen-bond acceptors (Lipinski definition) is 1. The molecule has 0 aliphatic carbocycles. The van der Waals surface area contributed by atoms with Gasteiger partial charge in [0.2, 0.25) is 5.91 Å². The Morgan fingerprint density at radius 2 is 2.00 bits per heavy atom. The van der Waals surface area contributed by atoms with Crippen LogP contribution in [0.15, 0.2) is 0 Å². The van der Waals surface area contributed by atoms with Crippen LogP contribution < -0.4 is 0 Å². The minimum absolute atomic E-state index is 0.0986. The van der Waals surface area contributed by atoms with Gasteiger partial charge in [0.1, 0.15) is 0 Å². The van der Waals surface area contributed by atoms with E-state index in [2.05, 4.69) is 13.8 Å². The highest BCUT2D eigenvalue weighted by Crippen LogP contribution is 2.29. The Labute approximate surface area is 74.9 Å². The van der Waals surface area contributed by atoms with Crippen molar-refractivity contribution in [3.8, 4) is 0 Å². The third-order valence-corrected chi connectivity index (χ3v) is 2.66. The zero-order valence-corrected chi connectivity index (χ0v) is 8.55. The zero-order valence-electron chi connectivity index (χ0n) is 8.55. The van der Waals surface area contributed by atoms with Crippen LogP contribution in [0.5, 0.6) is 0 Å². The molecule has 0 unspecified atom stereocenters. The van der Waals surface area contributed by atoms with Crippen LogP contribution in [0.1, 0.15) is 40.5 Å². The third-order valence-electron chi connectivity index (χ3n) is 2.66. The number of carbonyl (C=O) groups excluding carboxylic acids is 1. The molecule has 1 amide bonds. The van der Waals surface area contributed by atoms with Crippen LogP contribution in [0.2, 0.25) is 0 Å². The van der Waals surface area contributed by atoms with Crippen molar-refractivity contribution in [2.24, 2.45) is 5.92 Å². The normalized spacial score (nSPS) is 21.9. The zero-order chi connectivity index (χ0) is 9.35. The van der Waals surface area contributed by atoms with Gasteiger partial charge in [-0.3, -0.25) is 4.79 Å². The Balaban J connectivity index is 2.69. The first-order valence-electron chi connectivity index (χ1n) is 4.76. The summed E-state index contributed by atoms with van der Waals surface area (Å²) in [7, 11) is 0. The fraction of sp³-hybridized carbons (Fsp3) is 0.900. The van der Waals surface area contributed by atoms with E-state index in [1.807, 2.05) is 18.7 Å². The van der Waals surface area contributed by atoms with Gasteiger partial charge in [-0.1, -0.05) is 13.8 Å². The van der Waals surface area contributed by atoms with Crippen LogP contribution in [0, 0.1) is 5.92 Å².